The summed E-state index contributed by atoms with van der Waals surface area (Å²) < 4.78 is 23.4. The van der Waals surface area contributed by atoms with Crippen LogP contribution in [-0.4, -0.2) is 28.4 Å². The summed E-state index contributed by atoms with van der Waals surface area (Å²) in [6.45, 7) is 0. The number of nitrogens with zero attached hydrogens (tertiary/aromatic N) is 3. The van der Waals surface area contributed by atoms with Gasteiger partial charge in [-0.1, -0.05) is 0 Å². The number of pyridine rings is 3. The lowest BCUT2D eigenvalue weighted by Gasteiger charge is -2.07. The van der Waals surface area contributed by atoms with Gasteiger partial charge >= 0.3 is 0 Å². The van der Waals surface area contributed by atoms with E-state index in [0.29, 0.717) is 11.1 Å². The molecule has 0 spiro atoms. The van der Waals surface area contributed by atoms with Crippen molar-refractivity contribution in [3.63, 3.8) is 0 Å². The van der Waals surface area contributed by atoms with Crippen molar-refractivity contribution >= 4 is 26.9 Å². The van der Waals surface area contributed by atoms with Crippen molar-refractivity contribution in [2.24, 2.45) is 5.14 Å². The molecule has 0 aliphatic heterocycles. The zero-order chi connectivity index (χ0) is 18.3. The molecule has 0 aromatic carbocycles. The van der Waals surface area contributed by atoms with Crippen LogP contribution in [0.5, 0.6) is 0 Å². The first-order valence-corrected chi connectivity index (χ1v) is 9.14. The third kappa shape index (κ3) is 2.79. The van der Waals surface area contributed by atoms with Crippen molar-refractivity contribution in [3.05, 3.63) is 55.2 Å². The van der Waals surface area contributed by atoms with E-state index in [1.807, 2.05) is 24.4 Å². The second kappa shape index (κ2) is 5.90. The summed E-state index contributed by atoms with van der Waals surface area (Å²) in [4.78, 5) is 15.3. The molecule has 4 aromatic rings. The number of nitrogens with two attached hydrogens (primary N) is 2. The van der Waals surface area contributed by atoms with Gasteiger partial charge in [0.1, 0.15) is 16.4 Å². The highest BCUT2D eigenvalue weighted by molar-refractivity contribution is 7.89. The monoisotopic (exact) mass is 366 g/mol. The van der Waals surface area contributed by atoms with Crippen LogP contribution in [0.15, 0.2) is 60.1 Å². The SMILES string of the molecule is Nc1ncc(-c2cnc3[nH]cc(-c4ccncc4)c3c2)cc1S(N)(=O)=O. The molecule has 4 rings (SSSR count). The van der Waals surface area contributed by atoms with Crippen LogP contribution >= 0.6 is 0 Å². The van der Waals surface area contributed by atoms with Gasteiger partial charge < -0.3 is 10.7 Å². The zero-order valence-electron chi connectivity index (χ0n) is 13.4. The molecule has 0 bridgehead atoms. The maximum atomic E-state index is 11.7. The summed E-state index contributed by atoms with van der Waals surface area (Å²) in [5.74, 6) is -0.135. The predicted octanol–water partition coefficient (Wildman–Crippen LogP) is 1.92. The fourth-order valence-electron chi connectivity index (χ4n) is 2.77. The minimum absolute atomic E-state index is 0.135. The van der Waals surface area contributed by atoms with Crippen LogP contribution in [0.3, 0.4) is 0 Å². The van der Waals surface area contributed by atoms with Gasteiger partial charge in [-0.25, -0.2) is 23.5 Å². The second-order valence-corrected chi connectivity index (χ2v) is 7.24. The second-order valence-electron chi connectivity index (χ2n) is 5.71. The van der Waals surface area contributed by atoms with Crippen LogP contribution in [0.25, 0.3) is 33.3 Å². The largest absolute Gasteiger partial charge is 0.383 e. The third-order valence-electron chi connectivity index (χ3n) is 4.04. The molecule has 0 saturated carbocycles. The normalized spacial score (nSPS) is 11.7. The Kier molecular flexibility index (Phi) is 3.67. The number of aromatic nitrogens is 4. The smallest absolute Gasteiger partial charge is 0.241 e. The molecule has 0 unspecified atom stereocenters. The van der Waals surface area contributed by atoms with Gasteiger partial charge in [-0.05, 0) is 29.8 Å². The summed E-state index contributed by atoms with van der Waals surface area (Å²) in [5, 5.41) is 6.10. The Morgan fingerprint density at radius 1 is 0.962 bits per heavy atom. The fourth-order valence-corrected chi connectivity index (χ4v) is 3.41. The van der Waals surface area contributed by atoms with Crippen LogP contribution in [0.1, 0.15) is 0 Å². The summed E-state index contributed by atoms with van der Waals surface area (Å²) in [7, 11) is -3.97. The number of hydrogen-bond donors (Lipinski definition) is 3. The number of fused-ring (bicyclic) bond motifs is 1. The van der Waals surface area contributed by atoms with Gasteiger partial charge in [0, 0.05) is 53.1 Å². The number of nitrogens with one attached hydrogen (secondary N) is 1. The number of nitrogen functional groups attached to an aromatic ring is 1. The first-order chi connectivity index (χ1) is 12.4. The molecule has 26 heavy (non-hydrogen) atoms. The average Bonchev–Trinajstić information content (AvgIpc) is 3.05. The minimum Gasteiger partial charge on any atom is -0.383 e. The molecular formula is C17H14N6O2S. The van der Waals surface area contributed by atoms with E-state index in [4.69, 9.17) is 10.9 Å². The number of rotatable bonds is 3. The van der Waals surface area contributed by atoms with Crippen molar-refractivity contribution in [1.29, 1.82) is 0 Å². The molecule has 0 radical (unpaired) electrons. The Morgan fingerprint density at radius 3 is 2.38 bits per heavy atom. The maximum absolute atomic E-state index is 11.7. The third-order valence-corrected chi connectivity index (χ3v) is 4.98. The number of aromatic amines is 1. The summed E-state index contributed by atoms with van der Waals surface area (Å²) in [6, 6.07) is 7.12. The number of hydrogen-bond acceptors (Lipinski definition) is 6. The molecule has 0 amide bonds. The van der Waals surface area contributed by atoms with Crippen LogP contribution in [-0.2, 0) is 10.0 Å². The Hall–Kier alpha value is -3.30. The first kappa shape index (κ1) is 16.2. The lowest BCUT2D eigenvalue weighted by molar-refractivity contribution is 0.598. The average molecular weight is 366 g/mol. The lowest BCUT2D eigenvalue weighted by atomic mass is 10.0. The van der Waals surface area contributed by atoms with E-state index >= 15 is 0 Å². The fraction of sp³-hybridized carbons (Fsp3) is 0. The van der Waals surface area contributed by atoms with Gasteiger partial charge in [-0.2, -0.15) is 0 Å². The Balaban J connectivity index is 1.89. The van der Waals surface area contributed by atoms with E-state index in [1.165, 1.54) is 12.3 Å². The minimum atomic E-state index is -3.97. The Labute approximate surface area is 149 Å². The molecule has 4 aromatic heterocycles. The summed E-state index contributed by atoms with van der Waals surface area (Å²) in [5.41, 5.74) is 9.56. The standard InChI is InChI=1S/C17H14N6O2S/c18-16-15(26(19,24)25)6-12(7-21-16)11-5-13-14(9-23-17(13)22-8-11)10-1-3-20-4-2-10/h1-9H,(H2,18,21)(H,22,23)(H2,19,24,25). The maximum Gasteiger partial charge on any atom is 0.241 e. The molecular weight excluding hydrogens is 352 g/mol. The van der Waals surface area contributed by atoms with Gasteiger partial charge in [0.15, 0.2) is 0 Å². The van der Waals surface area contributed by atoms with Crippen molar-refractivity contribution in [3.8, 4) is 22.3 Å². The van der Waals surface area contributed by atoms with Gasteiger partial charge in [0.2, 0.25) is 10.0 Å². The topological polar surface area (TPSA) is 141 Å². The van der Waals surface area contributed by atoms with Gasteiger partial charge in [0.05, 0.1) is 0 Å². The Morgan fingerprint density at radius 2 is 1.65 bits per heavy atom. The molecule has 0 fully saturated rings. The van der Waals surface area contributed by atoms with E-state index in [0.717, 1.165) is 22.2 Å². The van der Waals surface area contributed by atoms with Crippen LogP contribution in [0.2, 0.25) is 0 Å². The molecule has 0 saturated heterocycles. The molecule has 9 heteroatoms. The van der Waals surface area contributed by atoms with Gasteiger partial charge in [-0.15, -0.1) is 0 Å². The van der Waals surface area contributed by atoms with Crippen LogP contribution in [0.4, 0.5) is 5.82 Å². The van der Waals surface area contributed by atoms with E-state index < -0.39 is 10.0 Å². The molecule has 5 N–H and O–H groups in total. The quantitative estimate of drug-likeness (QED) is 0.506. The van der Waals surface area contributed by atoms with Gasteiger partial charge in [0.25, 0.3) is 0 Å². The highest BCUT2D eigenvalue weighted by Crippen LogP contribution is 2.31. The highest BCUT2D eigenvalue weighted by atomic mass is 32.2. The number of sulfonamides is 1. The van der Waals surface area contributed by atoms with E-state index in [1.54, 1.807) is 18.6 Å². The number of anilines is 1. The number of H-pyrrole nitrogens is 1. The molecule has 130 valence electrons. The van der Waals surface area contributed by atoms with Crippen LogP contribution in [0, 0.1) is 0 Å². The molecule has 0 aliphatic carbocycles. The van der Waals surface area contributed by atoms with Crippen molar-refractivity contribution in [2.75, 3.05) is 5.73 Å². The van der Waals surface area contributed by atoms with Crippen LogP contribution < -0.4 is 10.9 Å². The zero-order valence-corrected chi connectivity index (χ0v) is 14.2. The van der Waals surface area contributed by atoms with E-state index in [-0.39, 0.29) is 10.7 Å². The lowest BCUT2D eigenvalue weighted by Crippen LogP contribution is -2.15. The molecule has 8 nitrogen and oxygen atoms in total. The van der Waals surface area contributed by atoms with E-state index in [2.05, 4.69) is 19.9 Å². The van der Waals surface area contributed by atoms with Crippen molar-refractivity contribution < 1.29 is 8.42 Å². The molecule has 4 heterocycles. The Bertz CT molecular complexity index is 1220. The van der Waals surface area contributed by atoms with E-state index in [9.17, 15) is 8.42 Å². The van der Waals surface area contributed by atoms with Crippen molar-refractivity contribution in [2.45, 2.75) is 4.90 Å². The molecule has 0 atom stereocenters. The molecule has 0 aliphatic rings. The summed E-state index contributed by atoms with van der Waals surface area (Å²) in [6.07, 6.45) is 8.43. The first-order valence-electron chi connectivity index (χ1n) is 7.60. The predicted molar refractivity (Wildman–Crippen MR) is 98.3 cm³/mol. The number of primary sulfonamides is 1. The summed E-state index contributed by atoms with van der Waals surface area (Å²) >= 11 is 0. The van der Waals surface area contributed by atoms with Gasteiger partial charge in [-0.3, -0.25) is 4.98 Å². The van der Waals surface area contributed by atoms with Crippen molar-refractivity contribution in [1.82, 2.24) is 19.9 Å². The highest BCUT2D eigenvalue weighted by Gasteiger charge is 2.16.